The third-order valence-electron chi connectivity index (χ3n) is 4.34. The zero-order chi connectivity index (χ0) is 17.1. The molecule has 4 nitrogen and oxygen atoms in total. The summed E-state index contributed by atoms with van der Waals surface area (Å²) in [5, 5.41) is 8.95. The summed E-state index contributed by atoms with van der Waals surface area (Å²) in [6.45, 7) is 6.77. The monoisotopic (exact) mass is 320 g/mol. The number of carbonyl (C=O) groups is 1. The molecule has 4 heteroatoms. The fraction of sp³-hybridized carbons (Fsp3) is 0.250. The Morgan fingerprint density at radius 2 is 1.96 bits per heavy atom. The van der Waals surface area contributed by atoms with Gasteiger partial charge in [0.15, 0.2) is 0 Å². The van der Waals surface area contributed by atoms with E-state index in [-0.39, 0.29) is 5.91 Å². The first-order valence-electron chi connectivity index (χ1n) is 8.21. The zero-order valence-corrected chi connectivity index (χ0v) is 14.3. The lowest BCUT2D eigenvalue weighted by atomic mass is 10.0. The van der Waals surface area contributed by atoms with E-state index in [1.54, 1.807) is 6.20 Å². The highest BCUT2D eigenvalue weighted by Crippen LogP contribution is 2.22. The summed E-state index contributed by atoms with van der Waals surface area (Å²) >= 11 is 0. The number of hydrogen-bond donors (Lipinski definition) is 0. The SMILES string of the molecule is CCN(C(=O)Cc1ccc(C)cc1C)c1ccc2cn[nH+]cc2c1. The first kappa shape index (κ1) is 16.1. The van der Waals surface area contributed by atoms with Gasteiger partial charge in [-0.25, -0.2) is 0 Å². The lowest BCUT2D eigenvalue weighted by Crippen LogP contribution is -2.32. The van der Waals surface area contributed by atoms with E-state index in [1.807, 2.05) is 36.2 Å². The first-order valence-corrected chi connectivity index (χ1v) is 8.21. The van der Waals surface area contributed by atoms with Crippen molar-refractivity contribution < 1.29 is 9.89 Å². The molecule has 0 saturated heterocycles. The number of carbonyl (C=O) groups excluding carboxylic acids is 1. The van der Waals surface area contributed by atoms with Gasteiger partial charge in [0.1, 0.15) is 6.20 Å². The molecule has 1 heterocycles. The molecule has 1 aromatic heterocycles. The second kappa shape index (κ2) is 6.79. The summed E-state index contributed by atoms with van der Waals surface area (Å²) in [5.41, 5.74) is 4.38. The Bertz CT molecular complexity index is 889. The molecule has 3 aromatic rings. The number of hydrogen-bond acceptors (Lipinski definition) is 2. The molecule has 0 fully saturated rings. The second-order valence-electron chi connectivity index (χ2n) is 6.09. The van der Waals surface area contributed by atoms with E-state index in [4.69, 9.17) is 0 Å². The molecule has 122 valence electrons. The smallest absolute Gasteiger partial charge is 0.231 e. The fourth-order valence-corrected chi connectivity index (χ4v) is 2.99. The van der Waals surface area contributed by atoms with Crippen LogP contribution in [0.5, 0.6) is 0 Å². The molecule has 0 radical (unpaired) electrons. The van der Waals surface area contributed by atoms with Gasteiger partial charge >= 0.3 is 0 Å². The minimum Gasteiger partial charge on any atom is -0.312 e. The van der Waals surface area contributed by atoms with Gasteiger partial charge in [0.05, 0.1) is 11.8 Å². The largest absolute Gasteiger partial charge is 0.312 e. The van der Waals surface area contributed by atoms with Crippen LogP contribution in [0.1, 0.15) is 23.6 Å². The van der Waals surface area contributed by atoms with Crippen molar-refractivity contribution in [3.05, 3.63) is 65.5 Å². The molecular weight excluding hydrogens is 298 g/mol. The van der Waals surface area contributed by atoms with Crippen LogP contribution in [0.15, 0.2) is 48.8 Å². The molecule has 1 N–H and O–H groups in total. The predicted octanol–water partition coefficient (Wildman–Crippen LogP) is 3.26. The Balaban J connectivity index is 1.87. The Labute approximate surface area is 142 Å². The van der Waals surface area contributed by atoms with Gasteiger partial charge in [-0.05, 0) is 49.1 Å². The van der Waals surface area contributed by atoms with E-state index in [1.165, 1.54) is 11.1 Å². The summed E-state index contributed by atoms with van der Waals surface area (Å²) in [4.78, 5) is 14.7. The van der Waals surface area contributed by atoms with Gasteiger partial charge in [0.2, 0.25) is 12.1 Å². The molecule has 0 aliphatic heterocycles. The van der Waals surface area contributed by atoms with Crippen LogP contribution in [0.3, 0.4) is 0 Å². The van der Waals surface area contributed by atoms with E-state index in [0.29, 0.717) is 13.0 Å². The topological polar surface area (TPSA) is 47.3 Å². The lowest BCUT2D eigenvalue weighted by Gasteiger charge is -2.22. The Morgan fingerprint density at radius 3 is 2.71 bits per heavy atom. The molecule has 0 aliphatic rings. The maximum absolute atomic E-state index is 12.8. The van der Waals surface area contributed by atoms with E-state index in [0.717, 1.165) is 22.0 Å². The molecular formula is C20H22N3O+. The highest BCUT2D eigenvalue weighted by atomic mass is 16.2. The maximum Gasteiger partial charge on any atom is 0.231 e. The number of amides is 1. The second-order valence-corrected chi connectivity index (χ2v) is 6.09. The van der Waals surface area contributed by atoms with Crippen molar-refractivity contribution in [1.29, 1.82) is 0 Å². The van der Waals surface area contributed by atoms with Gasteiger partial charge in [-0.3, -0.25) is 4.79 Å². The van der Waals surface area contributed by atoms with Gasteiger partial charge in [0, 0.05) is 17.6 Å². The quantitative estimate of drug-likeness (QED) is 0.741. The van der Waals surface area contributed by atoms with E-state index in [2.05, 4.69) is 42.2 Å². The molecule has 1 amide bonds. The highest BCUT2D eigenvalue weighted by Gasteiger charge is 2.16. The summed E-state index contributed by atoms with van der Waals surface area (Å²) < 4.78 is 0. The Kier molecular flexibility index (Phi) is 4.56. The van der Waals surface area contributed by atoms with Crippen molar-refractivity contribution in [1.82, 2.24) is 5.10 Å². The van der Waals surface area contributed by atoms with Crippen molar-refractivity contribution in [3.8, 4) is 0 Å². The van der Waals surface area contributed by atoms with E-state index < -0.39 is 0 Å². The van der Waals surface area contributed by atoms with Crippen LogP contribution >= 0.6 is 0 Å². The number of nitrogens with zero attached hydrogens (tertiary/aromatic N) is 2. The minimum absolute atomic E-state index is 0.113. The average molecular weight is 320 g/mol. The van der Waals surface area contributed by atoms with Gasteiger partial charge in [-0.2, -0.15) is 0 Å². The van der Waals surface area contributed by atoms with E-state index in [9.17, 15) is 4.79 Å². The van der Waals surface area contributed by atoms with Crippen LogP contribution in [0.25, 0.3) is 10.8 Å². The number of rotatable bonds is 4. The molecule has 2 aromatic carbocycles. The molecule has 24 heavy (non-hydrogen) atoms. The molecule has 0 aliphatic carbocycles. The van der Waals surface area contributed by atoms with Crippen LogP contribution in [-0.4, -0.2) is 17.6 Å². The average Bonchev–Trinajstić information content (AvgIpc) is 2.58. The van der Waals surface area contributed by atoms with Crippen LogP contribution in [-0.2, 0) is 11.2 Å². The molecule has 3 rings (SSSR count). The van der Waals surface area contributed by atoms with Crippen LogP contribution in [0, 0.1) is 13.8 Å². The van der Waals surface area contributed by atoms with Crippen molar-refractivity contribution in [2.24, 2.45) is 0 Å². The summed E-state index contributed by atoms with van der Waals surface area (Å²) in [7, 11) is 0. The Hall–Kier alpha value is -2.75. The van der Waals surface area contributed by atoms with Gasteiger partial charge in [0.25, 0.3) is 0 Å². The van der Waals surface area contributed by atoms with E-state index >= 15 is 0 Å². The first-order chi connectivity index (χ1) is 11.6. The minimum atomic E-state index is 0.113. The number of aryl methyl sites for hydroxylation is 2. The highest BCUT2D eigenvalue weighted by molar-refractivity contribution is 5.97. The number of likely N-dealkylation sites (N-methyl/N-ethyl adjacent to an activating group) is 1. The molecule has 0 atom stereocenters. The molecule has 0 unspecified atom stereocenters. The normalized spacial score (nSPS) is 10.8. The number of anilines is 1. The standard InChI is InChI=1S/C20H21N3O/c1-4-23(19-8-7-17-12-21-22-13-18(17)10-19)20(24)11-16-6-5-14(2)9-15(16)3/h5-10,12-13H,4,11H2,1-3H3/p+1. The third kappa shape index (κ3) is 3.27. The number of nitrogens with one attached hydrogen (secondary N) is 1. The summed E-state index contributed by atoms with van der Waals surface area (Å²) in [5.74, 6) is 0.113. The number of aromatic nitrogens is 2. The molecule has 0 spiro atoms. The lowest BCUT2D eigenvalue weighted by molar-refractivity contribution is -0.453. The predicted molar refractivity (Wildman–Crippen MR) is 95.9 cm³/mol. The third-order valence-corrected chi connectivity index (χ3v) is 4.34. The molecule has 0 saturated carbocycles. The van der Waals surface area contributed by atoms with Gasteiger partial charge < -0.3 is 4.90 Å². The number of aromatic amines is 1. The zero-order valence-electron chi connectivity index (χ0n) is 14.3. The van der Waals surface area contributed by atoms with Gasteiger partial charge in [-0.15, -0.1) is 5.10 Å². The van der Waals surface area contributed by atoms with Crippen molar-refractivity contribution in [3.63, 3.8) is 0 Å². The van der Waals surface area contributed by atoms with Crippen molar-refractivity contribution >= 4 is 22.4 Å². The van der Waals surface area contributed by atoms with Gasteiger partial charge in [-0.1, -0.05) is 29.8 Å². The number of H-pyrrole nitrogens is 1. The number of benzene rings is 2. The van der Waals surface area contributed by atoms with Crippen LogP contribution < -0.4 is 10.00 Å². The summed E-state index contributed by atoms with van der Waals surface area (Å²) in [6.07, 6.45) is 4.05. The number of fused-ring (bicyclic) bond motifs is 1. The molecule has 0 bridgehead atoms. The Morgan fingerprint density at radius 1 is 1.12 bits per heavy atom. The van der Waals surface area contributed by atoms with Crippen LogP contribution in [0.2, 0.25) is 0 Å². The summed E-state index contributed by atoms with van der Waals surface area (Å²) in [6, 6.07) is 12.2. The van der Waals surface area contributed by atoms with Crippen LogP contribution in [0.4, 0.5) is 5.69 Å². The van der Waals surface area contributed by atoms with Crippen molar-refractivity contribution in [2.45, 2.75) is 27.2 Å². The van der Waals surface area contributed by atoms with Crippen molar-refractivity contribution in [2.75, 3.05) is 11.4 Å². The maximum atomic E-state index is 12.8. The fourth-order valence-electron chi connectivity index (χ4n) is 2.99.